The number of morpholine rings is 2. The number of nitrogens with two attached hydrogens (primary N) is 2. The molecule has 0 radical (unpaired) electrons. The van der Waals surface area contributed by atoms with E-state index in [1.54, 1.807) is 26.5 Å². The number of nitrogen functional groups attached to an aromatic ring is 2. The molecular weight excluding hydrogens is 623 g/mol. The van der Waals surface area contributed by atoms with Crippen LogP contribution in [0.3, 0.4) is 0 Å². The zero-order chi connectivity index (χ0) is 30.7. The molecule has 1 amide bonds. The molecule has 2 aromatic rings. The van der Waals surface area contributed by atoms with Gasteiger partial charge in [-0.3, -0.25) is 4.90 Å². The van der Waals surface area contributed by atoms with Crippen LogP contribution >= 0.6 is 24.8 Å². The number of ether oxygens (including phenoxy) is 5. The number of hydrogen-bond donors (Lipinski definition) is 3. The van der Waals surface area contributed by atoms with Gasteiger partial charge in [0.25, 0.3) is 0 Å². The number of fused-ring (bicyclic) bond motifs is 4. The molecule has 12 nitrogen and oxygen atoms in total. The quantitative estimate of drug-likeness (QED) is 0.426. The molecule has 5 N–H and O–H groups in total. The van der Waals surface area contributed by atoms with Crippen LogP contribution in [0.4, 0.5) is 16.4 Å². The molecule has 6 heterocycles. The van der Waals surface area contributed by atoms with Crippen molar-refractivity contribution >= 4 is 42.5 Å². The molecule has 0 spiro atoms. The first kappa shape index (κ1) is 36.7. The third-order valence-corrected chi connectivity index (χ3v) is 8.52. The highest BCUT2D eigenvalue weighted by Gasteiger charge is 2.44. The fourth-order valence-electron chi connectivity index (χ4n) is 6.77. The highest BCUT2D eigenvalue weighted by molar-refractivity contribution is 5.85. The van der Waals surface area contributed by atoms with Crippen molar-refractivity contribution in [3.8, 4) is 11.5 Å². The van der Waals surface area contributed by atoms with Gasteiger partial charge >= 0.3 is 6.09 Å². The number of nitrogens with one attached hydrogen (secondary N) is 1. The Morgan fingerprint density at radius 2 is 1.27 bits per heavy atom. The summed E-state index contributed by atoms with van der Waals surface area (Å²) >= 11 is 0. The van der Waals surface area contributed by atoms with E-state index in [-0.39, 0.29) is 48.9 Å². The minimum Gasteiger partial charge on any atom is -0.496 e. The van der Waals surface area contributed by atoms with E-state index >= 15 is 0 Å². The molecule has 6 rings (SSSR count). The lowest BCUT2D eigenvalue weighted by atomic mass is 9.81. The summed E-state index contributed by atoms with van der Waals surface area (Å²) in [7, 11) is 3.32. The third kappa shape index (κ3) is 8.94. The number of piperidine rings is 2. The molecule has 4 atom stereocenters. The number of hydrogen-bond acceptors (Lipinski definition) is 11. The van der Waals surface area contributed by atoms with E-state index < -0.39 is 5.60 Å². The second-order valence-electron chi connectivity index (χ2n) is 12.9. The van der Waals surface area contributed by atoms with Gasteiger partial charge in [0.2, 0.25) is 0 Å². The van der Waals surface area contributed by atoms with Crippen LogP contribution in [0.5, 0.6) is 11.5 Å². The van der Waals surface area contributed by atoms with Gasteiger partial charge in [-0.15, -0.1) is 24.8 Å². The summed E-state index contributed by atoms with van der Waals surface area (Å²) in [6.45, 7) is 8.31. The average molecular weight is 672 g/mol. The van der Waals surface area contributed by atoms with Crippen molar-refractivity contribution in [2.45, 2.75) is 88.1 Å². The number of aromatic nitrogens is 2. The lowest BCUT2D eigenvalue weighted by Crippen LogP contribution is -2.59. The second-order valence-corrected chi connectivity index (χ2v) is 12.9. The molecule has 4 saturated heterocycles. The number of anilines is 2. The molecule has 14 heteroatoms. The molecule has 0 aromatic carbocycles. The molecule has 45 heavy (non-hydrogen) atoms. The lowest BCUT2D eigenvalue weighted by molar-refractivity contribution is -0.0826. The molecular formula is C31H48Cl2N6O6. The summed E-state index contributed by atoms with van der Waals surface area (Å²) < 4.78 is 27.8. The van der Waals surface area contributed by atoms with E-state index in [9.17, 15) is 4.79 Å². The van der Waals surface area contributed by atoms with E-state index in [0.29, 0.717) is 42.9 Å². The first-order valence-electron chi connectivity index (χ1n) is 15.1. The molecule has 0 saturated carbocycles. The van der Waals surface area contributed by atoms with Crippen LogP contribution in [-0.4, -0.2) is 91.4 Å². The zero-order valence-electron chi connectivity index (χ0n) is 26.7. The van der Waals surface area contributed by atoms with Gasteiger partial charge in [0.1, 0.15) is 28.7 Å². The number of rotatable bonds is 4. The first-order valence-corrected chi connectivity index (χ1v) is 15.1. The Labute approximate surface area is 278 Å². The monoisotopic (exact) mass is 670 g/mol. The number of carbonyl (C=O) groups excluding carboxylic acids is 1. The van der Waals surface area contributed by atoms with Crippen molar-refractivity contribution in [2.24, 2.45) is 0 Å². The maximum Gasteiger partial charge on any atom is 0.410 e. The summed E-state index contributed by atoms with van der Waals surface area (Å²) in [5.41, 5.74) is 13.2. The highest BCUT2D eigenvalue weighted by Crippen LogP contribution is 2.41. The largest absolute Gasteiger partial charge is 0.496 e. The Balaban J connectivity index is 0.000000246. The number of methoxy groups -OCH3 is 2. The van der Waals surface area contributed by atoms with E-state index in [1.807, 2.05) is 37.9 Å². The average Bonchev–Trinajstić information content (AvgIpc) is 2.95. The molecule has 252 valence electrons. The topological polar surface area (TPSA) is 156 Å². The molecule has 4 fully saturated rings. The van der Waals surface area contributed by atoms with Gasteiger partial charge in [-0.2, -0.15) is 0 Å². The molecule has 4 bridgehead atoms. The number of amides is 1. The maximum atomic E-state index is 12.6. The summed E-state index contributed by atoms with van der Waals surface area (Å²) in [5, 5.41) is 3.59. The smallest absolute Gasteiger partial charge is 0.410 e. The Morgan fingerprint density at radius 1 is 0.822 bits per heavy atom. The Bertz CT molecular complexity index is 1260. The van der Waals surface area contributed by atoms with Gasteiger partial charge in [-0.1, -0.05) is 0 Å². The van der Waals surface area contributed by atoms with Gasteiger partial charge in [0.15, 0.2) is 0 Å². The van der Waals surface area contributed by atoms with Crippen molar-refractivity contribution in [1.29, 1.82) is 0 Å². The van der Waals surface area contributed by atoms with Crippen LogP contribution < -0.4 is 26.3 Å². The predicted molar refractivity (Wildman–Crippen MR) is 177 cm³/mol. The van der Waals surface area contributed by atoms with Gasteiger partial charge in [-0.05, 0) is 58.3 Å². The Kier molecular flexibility index (Phi) is 12.8. The molecule has 0 aliphatic carbocycles. The maximum absolute atomic E-state index is 12.6. The summed E-state index contributed by atoms with van der Waals surface area (Å²) in [6.07, 6.45) is 7.11. The fourth-order valence-corrected chi connectivity index (χ4v) is 6.77. The van der Waals surface area contributed by atoms with E-state index in [0.717, 1.165) is 56.0 Å². The minimum absolute atomic E-state index is 0. The standard InChI is InChI=1S/C18H27N3O4.C13H19N3O2.2ClH/c1-18(2,3)25-17(22)21-12-5-11(6-13(21)10-24-9-12)14-8-20-16(19)7-15(14)23-4;1-17-12-4-13(14)15-5-11(12)8-2-9-6-18-7-10(3-8)16-9;;/h7-8,11-13H,5-6,9-10H2,1-4H3,(H2,19,20);4-5,8-10,16H,2-3,6-7H2,1H3,(H2,14,15);2*1H. The van der Waals surface area contributed by atoms with Crippen LogP contribution in [0.15, 0.2) is 24.5 Å². The molecule has 4 aliphatic rings. The van der Waals surface area contributed by atoms with Crippen LogP contribution in [0.2, 0.25) is 0 Å². The van der Waals surface area contributed by atoms with Crippen molar-refractivity contribution in [1.82, 2.24) is 20.2 Å². The molecule has 4 aliphatic heterocycles. The van der Waals surface area contributed by atoms with Gasteiger partial charge in [0.05, 0.1) is 52.7 Å². The number of halogens is 2. The van der Waals surface area contributed by atoms with E-state index in [4.69, 9.17) is 35.2 Å². The fraction of sp³-hybridized carbons (Fsp3) is 0.645. The van der Waals surface area contributed by atoms with Gasteiger partial charge in [0, 0.05) is 47.7 Å². The lowest BCUT2D eigenvalue weighted by Gasteiger charge is -2.48. The first-order chi connectivity index (χ1) is 20.5. The number of carbonyl (C=O) groups is 1. The van der Waals surface area contributed by atoms with Gasteiger partial charge in [-0.25, -0.2) is 14.8 Å². The highest BCUT2D eigenvalue weighted by atomic mass is 35.5. The third-order valence-electron chi connectivity index (χ3n) is 8.52. The second kappa shape index (κ2) is 15.7. The molecule has 4 unspecified atom stereocenters. The minimum atomic E-state index is -0.507. The van der Waals surface area contributed by atoms with E-state index in [2.05, 4.69) is 15.3 Å². The van der Waals surface area contributed by atoms with Crippen molar-refractivity contribution in [2.75, 3.05) is 52.1 Å². The predicted octanol–water partition coefficient (Wildman–Crippen LogP) is 4.30. The SMILES string of the molecule is COc1cc(N)ncc1C1CC2COCC(C1)N2.COc1cc(N)ncc1C1CC2COCC(C1)N2C(=O)OC(C)(C)C.Cl.Cl. The Morgan fingerprint density at radius 3 is 1.71 bits per heavy atom. The van der Waals surface area contributed by atoms with Crippen molar-refractivity contribution in [3.05, 3.63) is 35.7 Å². The van der Waals surface area contributed by atoms with Crippen LogP contribution in [0.1, 0.15) is 69.4 Å². The summed E-state index contributed by atoms with van der Waals surface area (Å²) in [6, 6.07) is 4.45. The van der Waals surface area contributed by atoms with Crippen molar-refractivity contribution < 1.29 is 28.5 Å². The van der Waals surface area contributed by atoms with E-state index in [1.165, 1.54) is 5.56 Å². The van der Waals surface area contributed by atoms with Crippen LogP contribution in [0, 0.1) is 0 Å². The number of pyridine rings is 2. The normalized spacial score (nSPS) is 27.0. The molecule has 2 aromatic heterocycles. The zero-order valence-corrected chi connectivity index (χ0v) is 28.3. The van der Waals surface area contributed by atoms with Crippen LogP contribution in [0.25, 0.3) is 0 Å². The van der Waals surface area contributed by atoms with Gasteiger partial charge < -0.3 is 40.5 Å². The summed E-state index contributed by atoms with van der Waals surface area (Å²) in [5.74, 6) is 3.29. The Hall–Kier alpha value is -2.77. The summed E-state index contributed by atoms with van der Waals surface area (Å²) in [4.78, 5) is 22.9. The van der Waals surface area contributed by atoms with Crippen molar-refractivity contribution in [3.63, 3.8) is 0 Å². The van der Waals surface area contributed by atoms with Crippen LogP contribution in [-0.2, 0) is 14.2 Å². The number of nitrogens with zero attached hydrogens (tertiary/aromatic N) is 3.